The second-order valence-electron chi connectivity index (χ2n) is 6.58. The van der Waals surface area contributed by atoms with E-state index in [0.29, 0.717) is 6.42 Å². The van der Waals surface area contributed by atoms with Gasteiger partial charge in [0.2, 0.25) is 0 Å². The van der Waals surface area contributed by atoms with Crippen molar-refractivity contribution in [3.8, 4) is 5.69 Å². The number of aryl methyl sites for hydroxylation is 1. The van der Waals surface area contributed by atoms with Crippen molar-refractivity contribution in [1.82, 2.24) is 14.5 Å². The van der Waals surface area contributed by atoms with Gasteiger partial charge in [-0.3, -0.25) is 19.3 Å². The molecule has 3 aromatic rings. The van der Waals surface area contributed by atoms with Crippen LogP contribution >= 0.6 is 49.9 Å². The van der Waals surface area contributed by atoms with Gasteiger partial charge < -0.3 is 4.74 Å². The Labute approximate surface area is 204 Å². The van der Waals surface area contributed by atoms with E-state index >= 15 is 0 Å². The maximum Gasteiger partial charge on any atom is 0.305 e. The molecule has 9 heteroatoms. The van der Waals surface area contributed by atoms with Crippen LogP contribution in [0.25, 0.3) is 5.69 Å². The lowest BCUT2D eigenvalue weighted by Gasteiger charge is -2.14. The lowest BCUT2D eigenvalue weighted by atomic mass is 10.0. The number of benzene rings is 1. The van der Waals surface area contributed by atoms with E-state index in [1.165, 1.54) is 7.11 Å². The highest BCUT2D eigenvalue weighted by Crippen LogP contribution is 2.34. The summed E-state index contributed by atoms with van der Waals surface area (Å²) in [5.41, 5.74) is 4.55. The van der Waals surface area contributed by atoms with Crippen LogP contribution in [-0.4, -0.2) is 33.3 Å². The molecule has 1 atom stereocenters. The molecule has 4 rings (SSSR count). The van der Waals surface area contributed by atoms with E-state index in [1.54, 1.807) is 6.20 Å². The molecule has 3 heterocycles. The molecule has 2 aromatic heterocycles. The molecule has 1 aliphatic rings. The molecule has 158 valence electrons. The van der Waals surface area contributed by atoms with E-state index in [9.17, 15) is 4.79 Å². The van der Waals surface area contributed by atoms with Crippen molar-refractivity contribution in [3.05, 3.63) is 76.0 Å². The van der Waals surface area contributed by atoms with Crippen molar-refractivity contribution in [2.75, 3.05) is 7.11 Å². The Morgan fingerprint density at radius 2 is 2.00 bits per heavy atom. The highest BCUT2D eigenvalue weighted by Gasteiger charge is 2.28. The number of fused-ring (bicyclic) bond motifs is 3. The molecule has 0 unspecified atom stereocenters. The van der Waals surface area contributed by atoms with Gasteiger partial charge in [-0.15, -0.1) is 34.0 Å². The third-order valence-corrected chi connectivity index (χ3v) is 5.25. The van der Waals surface area contributed by atoms with Crippen molar-refractivity contribution < 1.29 is 9.53 Å². The molecule has 0 bridgehead atoms. The van der Waals surface area contributed by atoms with Gasteiger partial charge in [-0.1, -0.05) is 22.0 Å². The number of carbonyl (C=O) groups excluding carboxylic acids is 1. The van der Waals surface area contributed by atoms with E-state index in [4.69, 9.17) is 9.73 Å². The Kier molecular flexibility index (Phi) is 8.52. The first-order valence-electron chi connectivity index (χ1n) is 8.99. The first-order chi connectivity index (χ1) is 13.6. The van der Waals surface area contributed by atoms with Gasteiger partial charge in [-0.2, -0.15) is 0 Å². The Hall–Kier alpha value is -1.84. The van der Waals surface area contributed by atoms with Crippen LogP contribution in [0.4, 0.5) is 0 Å². The molecule has 0 saturated carbocycles. The standard InChI is InChI=1S/C21H19BrN4O2.2BrH/c1-13-12-24-21-17(7-9-19(27)28-2)25-20(16-5-3-4-10-23-16)15-11-14(22)6-8-18(15)26(13)21;;/h3-6,8,10-12,17H,7,9H2,1-2H3;2*1H/t17-;;/m1../s1. The summed E-state index contributed by atoms with van der Waals surface area (Å²) in [6, 6.07) is 11.6. The number of aliphatic imine (C=N–C) groups is 1. The number of carbonyl (C=O) groups is 1. The normalized spacial score (nSPS) is 14.2. The van der Waals surface area contributed by atoms with E-state index in [0.717, 1.165) is 38.6 Å². The molecular formula is C21H21Br3N4O2. The molecular weight excluding hydrogens is 580 g/mol. The van der Waals surface area contributed by atoms with Gasteiger partial charge in [-0.05, 0) is 43.7 Å². The molecule has 0 aliphatic carbocycles. The van der Waals surface area contributed by atoms with Crippen LogP contribution in [0.1, 0.15) is 41.7 Å². The number of imidazole rings is 1. The molecule has 0 fully saturated rings. The monoisotopic (exact) mass is 598 g/mol. The van der Waals surface area contributed by atoms with Crippen LogP contribution in [-0.2, 0) is 9.53 Å². The first kappa shape index (κ1) is 24.4. The van der Waals surface area contributed by atoms with Crippen LogP contribution < -0.4 is 0 Å². The molecule has 1 aliphatic heterocycles. The van der Waals surface area contributed by atoms with Crippen LogP contribution in [0.15, 0.2) is 58.3 Å². The molecule has 30 heavy (non-hydrogen) atoms. The van der Waals surface area contributed by atoms with Gasteiger partial charge in [-0.25, -0.2) is 4.98 Å². The molecule has 1 aromatic carbocycles. The number of nitrogens with zero attached hydrogens (tertiary/aromatic N) is 4. The third-order valence-electron chi connectivity index (χ3n) is 4.76. The Balaban J connectivity index is 0.00000160. The number of hydrogen-bond donors (Lipinski definition) is 0. The number of hydrogen-bond acceptors (Lipinski definition) is 5. The van der Waals surface area contributed by atoms with Crippen molar-refractivity contribution in [2.45, 2.75) is 25.8 Å². The molecule has 0 radical (unpaired) electrons. The Morgan fingerprint density at radius 3 is 2.70 bits per heavy atom. The second-order valence-corrected chi connectivity index (χ2v) is 7.49. The number of rotatable bonds is 4. The van der Waals surface area contributed by atoms with Crippen LogP contribution in [0.2, 0.25) is 0 Å². The van der Waals surface area contributed by atoms with E-state index in [-0.39, 0.29) is 52.4 Å². The zero-order valence-corrected chi connectivity index (χ0v) is 21.4. The third kappa shape index (κ3) is 4.73. The number of esters is 1. The predicted molar refractivity (Wildman–Crippen MR) is 131 cm³/mol. The summed E-state index contributed by atoms with van der Waals surface area (Å²) < 4.78 is 7.90. The molecule has 0 saturated heterocycles. The molecule has 0 N–H and O–H groups in total. The minimum Gasteiger partial charge on any atom is -0.469 e. The lowest BCUT2D eigenvalue weighted by Crippen LogP contribution is -2.09. The van der Waals surface area contributed by atoms with Crippen LogP contribution in [0, 0.1) is 6.92 Å². The highest BCUT2D eigenvalue weighted by atomic mass is 79.9. The minimum absolute atomic E-state index is 0. The topological polar surface area (TPSA) is 69.4 Å². The first-order valence-corrected chi connectivity index (χ1v) is 9.78. The molecule has 6 nitrogen and oxygen atoms in total. The summed E-state index contributed by atoms with van der Waals surface area (Å²) in [6.45, 7) is 2.02. The van der Waals surface area contributed by atoms with E-state index in [1.807, 2.05) is 37.4 Å². The van der Waals surface area contributed by atoms with Gasteiger partial charge >= 0.3 is 5.97 Å². The zero-order valence-electron chi connectivity index (χ0n) is 16.4. The largest absolute Gasteiger partial charge is 0.469 e. The van der Waals surface area contributed by atoms with Crippen LogP contribution in [0.5, 0.6) is 0 Å². The van der Waals surface area contributed by atoms with Gasteiger partial charge in [0, 0.05) is 34.5 Å². The summed E-state index contributed by atoms with van der Waals surface area (Å²) in [5.74, 6) is 0.560. The van der Waals surface area contributed by atoms with Crippen molar-refractivity contribution in [1.29, 1.82) is 0 Å². The Morgan fingerprint density at radius 1 is 1.20 bits per heavy atom. The summed E-state index contributed by atoms with van der Waals surface area (Å²) in [4.78, 5) is 25.9. The van der Waals surface area contributed by atoms with Crippen molar-refractivity contribution in [3.63, 3.8) is 0 Å². The number of pyridine rings is 1. The maximum atomic E-state index is 11.8. The van der Waals surface area contributed by atoms with E-state index in [2.05, 4.69) is 42.6 Å². The number of methoxy groups -OCH3 is 1. The summed E-state index contributed by atoms with van der Waals surface area (Å²) >= 11 is 3.58. The highest BCUT2D eigenvalue weighted by molar-refractivity contribution is 9.10. The van der Waals surface area contributed by atoms with Gasteiger partial charge in [0.05, 0.1) is 24.2 Å². The quantitative estimate of drug-likeness (QED) is 0.379. The number of ether oxygens (including phenoxy) is 1. The molecule has 0 spiro atoms. The fourth-order valence-electron chi connectivity index (χ4n) is 3.44. The zero-order chi connectivity index (χ0) is 19.7. The molecule has 0 amide bonds. The predicted octanol–water partition coefficient (Wildman–Crippen LogP) is 5.34. The summed E-state index contributed by atoms with van der Waals surface area (Å²) in [6.07, 6.45) is 4.38. The van der Waals surface area contributed by atoms with Crippen molar-refractivity contribution >= 4 is 61.6 Å². The van der Waals surface area contributed by atoms with Gasteiger partial charge in [0.15, 0.2) is 0 Å². The summed E-state index contributed by atoms with van der Waals surface area (Å²) in [5, 5.41) is 0. The Bertz CT molecular complexity index is 1070. The fraction of sp³-hybridized carbons (Fsp3) is 0.238. The van der Waals surface area contributed by atoms with E-state index < -0.39 is 0 Å². The lowest BCUT2D eigenvalue weighted by molar-refractivity contribution is -0.140. The fourth-order valence-corrected chi connectivity index (χ4v) is 3.80. The van der Waals surface area contributed by atoms with Crippen molar-refractivity contribution in [2.24, 2.45) is 4.99 Å². The average molecular weight is 601 g/mol. The number of halogens is 3. The second kappa shape index (κ2) is 10.5. The number of aromatic nitrogens is 3. The SMILES string of the molecule is Br.Br.COC(=O)CC[C@H]1N=C(c2ccccn2)c2cc(Br)ccc2-n2c(C)cnc21. The minimum atomic E-state index is -0.281. The average Bonchev–Trinajstić information content (AvgIpc) is 3.03. The summed E-state index contributed by atoms with van der Waals surface area (Å²) in [7, 11) is 1.40. The maximum absolute atomic E-state index is 11.8. The smallest absolute Gasteiger partial charge is 0.305 e. The van der Waals surface area contributed by atoms with Crippen LogP contribution in [0.3, 0.4) is 0 Å². The van der Waals surface area contributed by atoms with Gasteiger partial charge in [0.1, 0.15) is 11.9 Å². The van der Waals surface area contributed by atoms with Gasteiger partial charge in [0.25, 0.3) is 0 Å².